The van der Waals surface area contributed by atoms with Crippen LogP contribution in [0.3, 0.4) is 0 Å². The molecule has 0 aromatic rings. The third-order valence-corrected chi connectivity index (χ3v) is 5.62. The highest BCUT2D eigenvalue weighted by atomic mass is 16.5. The highest BCUT2D eigenvalue weighted by Crippen LogP contribution is 2.37. The van der Waals surface area contributed by atoms with Gasteiger partial charge in [-0.1, -0.05) is 0 Å². The Bertz CT molecular complexity index is 508. The summed E-state index contributed by atoms with van der Waals surface area (Å²) < 4.78 is 5.55. The van der Waals surface area contributed by atoms with Crippen LogP contribution in [0, 0.1) is 12.3 Å². The number of hydrogen-bond donors (Lipinski definition) is 1. The topological polar surface area (TPSA) is 66.3 Å². The molecular formula is C18H28N4O2. The van der Waals surface area contributed by atoms with Gasteiger partial charge in [0.15, 0.2) is 5.66 Å². The Morgan fingerprint density at radius 2 is 1.92 bits per heavy atom. The maximum absolute atomic E-state index is 12.3. The van der Waals surface area contributed by atoms with Crippen LogP contribution in [0.4, 0.5) is 0 Å². The number of terminal acetylenes is 1. The third-order valence-electron chi connectivity index (χ3n) is 5.62. The SMILES string of the molecule is C#CCCC1(CCC(=O)NCC2(N3CCCC3)CCOCC2)N=N1. The van der Waals surface area contributed by atoms with Crippen molar-refractivity contribution >= 4 is 5.91 Å². The summed E-state index contributed by atoms with van der Waals surface area (Å²) in [6.07, 6.45) is 12.4. The minimum atomic E-state index is -0.366. The molecule has 0 atom stereocenters. The highest BCUT2D eigenvalue weighted by molar-refractivity contribution is 5.76. The van der Waals surface area contributed by atoms with Crippen molar-refractivity contribution in [2.24, 2.45) is 10.2 Å². The van der Waals surface area contributed by atoms with E-state index < -0.39 is 0 Å². The van der Waals surface area contributed by atoms with E-state index in [0.717, 1.165) is 52.1 Å². The van der Waals surface area contributed by atoms with Crippen molar-refractivity contribution < 1.29 is 9.53 Å². The third kappa shape index (κ3) is 4.14. The zero-order valence-electron chi connectivity index (χ0n) is 14.4. The van der Waals surface area contributed by atoms with Gasteiger partial charge >= 0.3 is 0 Å². The predicted octanol–water partition coefficient (Wildman–Crippen LogP) is 2.10. The molecule has 0 unspecified atom stereocenters. The number of likely N-dealkylation sites (tertiary alicyclic amines) is 1. The number of carbonyl (C=O) groups is 1. The second-order valence-electron chi connectivity index (χ2n) is 7.19. The van der Waals surface area contributed by atoms with E-state index in [1.165, 1.54) is 12.8 Å². The lowest BCUT2D eigenvalue weighted by Crippen LogP contribution is -2.57. The normalized spacial score (nSPS) is 24.5. The quantitative estimate of drug-likeness (QED) is 0.692. The van der Waals surface area contributed by atoms with Crippen molar-refractivity contribution in [3.05, 3.63) is 0 Å². The summed E-state index contributed by atoms with van der Waals surface area (Å²) >= 11 is 0. The number of amides is 1. The van der Waals surface area contributed by atoms with E-state index >= 15 is 0 Å². The van der Waals surface area contributed by atoms with Gasteiger partial charge in [0.05, 0.1) is 0 Å². The summed E-state index contributed by atoms with van der Waals surface area (Å²) in [5, 5.41) is 11.4. The van der Waals surface area contributed by atoms with Crippen molar-refractivity contribution in [2.45, 2.75) is 62.6 Å². The molecule has 6 nitrogen and oxygen atoms in total. The number of carbonyl (C=O) groups excluding carboxylic acids is 1. The lowest BCUT2D eigenvalue weighted by atomic mass is 9.88. The van der Waals surface area contributed by atoms with Crippen LogP contribution in [0.1, 0.15) is 51.4 Å². The van der Waals surface area contributed by atoms with Crippen molar-refractivity contribution in [3.63, 3.8) is 0 Å². The van der Waals surface area contributed by atoms with E-state index in [-0.39, 0.29) is 17.1 Å². The first kappa shape index (κ1) is 17.4. The zero-order chi connectivity index (χ0) is 16.9. The second kappa shape index (κ2) is 7.62. The van der Waals surface area contributed by atoms with Crippen molar-refractivity contribution in [3.8, 4) is 12.3 Å². The first-order valence-corrected chi connectivity index (χ1v) is 9.15. The van der Waals surface area contributed by atoms with Gasteiger partial charge in [-0.05, 0) is 38.8 Å². The molecule has 0 spiro atoms. The van der Waals surface area contributed by atoms with E-state index in [2.05, 4.69) is 26.4 Å². The van der Waals surface area contributed by atoms with Crippen LogP contribution in [0.15, 0.2) is 10.2 Å². The average molecular weight is 332 g/mol. The Kier molecular flexibility index (Phi) is 5.52. The molecule has 1 N–H and O–H groups in total. The first-order valence-electron chi connectivity index (χ1n) is 9.15. The molecule has 0 radical (unpaired) electrons. The van der Waals surface area contributed by atoms with Gasteiger partial charge in [0.2, 0.25) is 5.91 Å². The van der Waals surface area contributed by atoms with Gasteiger partial charge in [0.25, 0.3) is 0 Å². The smallest absolute Gasteiger partial charge is 0.220 e. The van der Waals surface area contributed by atoms with E-state index in [1.807, 2.05) is 0 Å². The van der Waals surface area contributed by atoms with Crippen molar-refractivity contribution in [1.29, 1.82) is 0 Å². The van der Waals surface area contributed by atoms with Crippen LogP contribution in [0.2, 0.25) is 0 Å². The van der Waals surface area contributed by atoms with E-state index in [1.54, 1.807) is 0 Å². The Balaban J connectivity index is 1.46. The molecule has 0 saturated carbocycles. The van der Waals surface area contributed by atoms with Gasteiger partial charge in [-0.3, -0.25) is 9.69 Å². The number of hydrogen-bond acceptors (Lipinski definition) is 5. The highest BCUT2D eigenvalue weighted by Gasteiger charge is 2.41. The van der Waals surface area contributed by atoms with Gasteiger partial charge in [0.1, 0.15) is 0 Å². The molecular weight excluding hydrogens is 304 g/mol. The summed E-state index contributed by atoms with van der Waals surface area (Å²) in [7, 11) is 0. The fourth-order valence-corrected chi connectivity index (χ4v) is 3.88. The molecule has 0 aromatic carbocycles. The van der Waals surface area contributed by atoms with E-state index in [0.29, 0.717) is 19.3 Å². The van der Waals surface area contributed by atoms with Crippen LogP contribution in [0.5, 0.6) is 0 Å². The zero-order valence-corrected chi connectivity index (χ0v) is 14.4. The molecule has 3 heterocycles. The van der Waals surface area contributed by atoms with Crippen molar-refractivity contribution in [2.75, 3.05) is 32.8 Å². The summed E-state index contributed by atoms with van der Waals surface area (Å²) in [5.74, 6) is 2.71. The van der Waals surface area contributed by atoms with Gasteiger partial charge < -0.3 is 10.1 Å². The molecule has 6 heteroatoms. The fourth-order valence-electron chi connectivity index (χ4n) is 3.88. The van der Waals surface area contributed by atoms with E-state index in [4.69, 9.17) is 11.2 Å². The largest absolute Gasteiger partial charge is 0.381 e. The molecule has 2 saturated heterocycles. The summed E-state index contributed by atoms with van der Waals surface area (Å²) in [4.78, 5) is 14.9. The minimum absolute atomic E-state index is 0.0832. The molecule has 0 bridgehead atoms. The predicted molar refractivity (Wildman–Crippen MR) is 91.5 cm³/mol. The fraction of sp³-hybridized carbons (Fsp3) is 0.833. The standard InChI is InChI=1S/C18H28N4O2/c1-2-3-7-18(20-21-18)8-6-16(23)19-15-17(9-13-24-14-10-17)22-11-4-5-12-22/h1H,3-15H2,(H,19,23). The summed E-state index contributed by atoms with van der Waals surface area (Å²) in [6.45, 7) is 4.59. The molecule has 1 amide bonds. The maximum atomic E-state index is 12.3. The Hall–Kier alpha value is -1.45. The number of nitrogens with zero attached hydrogens (tertiary/aromatic N) is 3. The molecule has 2 fully saturated rings. The summed E-state index contributed by atoms with van der Waals surface area (Å²) in [6, 6.07) is 0. The van der Waals surface area contributed by atoms with Gasteiger partial charge in [-0.25, -0.2) is 0 Å². The molecule has 0 aromatic heterocycles. The second-order valence-corrected chi connectivity index (χ2v) is 7.19. The Morgan fingerprint density at radius 1 is 1.21 bits per heavy atom. The lowest BCUT2D eigenvalue weighted by molar-refractivity contribution is -0.122. The number of rotatable bonds is 8. The number of ether oxygens (including phenoxy) is 1. The lowest BCUT2D eigenvalue weighted by Gasteiger charge is -2.44. The van der Waals surface area contributed by atoms with Crippen molar-refractivity contribution in [1.82, 2.24) is 10.2 Å². The number of nitrogens with one attached hydrogen (secondary N) is 1. The molecule has 3 aliphatic rings. The Labute approximate surface area is 144 Å². The van der Waals surface area contributed by atoms with Gasteiger partial charge in [0, 0.05) is 51.0 Å². The average Bonchev–Trinajstić information content (AvgIpc) is 3.16. The summed E-state index contributed by atoms with van der Waals surface area (Å²) in [5.41, 5.74) is -0.283. The van der Waals surface area contributed by atoms with Gasteiger partial charge in [-0.15, -0.1) is 12.3 Å². The molecule has 0 aliphatic carbocycles. The minimum Gasteiger partial charge on any atom is -0.381 e. The van der Waals surface area contributed by atoms with Crippen LogP contribution >= 0.6 is 0 Å². The van der Waals surface area contributed by atoms with Gasteiger partial charge in [-0.2, -0.15) is 10.2 Å². The van der Waals surface area contributed by atoms with Crippen LogP contribution < -0.4 is 5.32 Å². The molecule has 24 heavy (non-hydrogen) atoms. The molecule has 132 valence electrons. The van der Waals surface area contributed by atoms with E-state index in [9.17, 15) is 4.79 Å². The first-order chi connectivity index (χ1) is 11.7. The molecule has 3 aliphatic heterocycles. The van der Waals surface area contributed by atoms with Crippen LogP contribution in [0.25, 0.3) is 0 Å². The van der Waals surface area contributed by atoms with Crippen LogP contribution in [-0.4, -0.2) is 54.9 Å². The Morgan fingerprint density at radius 3 is 2.54 bits per heavy atom. The maximum Gasteiger partial charge on any atom is 0.220 e. The monoisotopic (exact) mass is 332 g/mol. The van der Waals surface area contributed by atoms with Crippen LogP contribution in [-0.2, 0) is 9.53 Å². The molecule has 3 rings (SSSR count).